The van der Waals surface area contributed by atoms with Gasteiger partial charge in [0.05, 0.1) is 19.2 Å². The summed E-state index contributed by atoms with van der Waals surface area (Å²) in [5.74, 6) is -3.31. The van der Waals surface area contributed by atoms with Crippen molar-refractivity contribution in [2.45, 2.75) is 32.1 Å². The lowest BCUT2D eigenvalue weighted by molar-refractivity contribution is -0.190. The first-order chi connectivity index (χ1) is 15.0. The normalized spacial score (nSPS) is 18.7. The topological polar surface area (TPSA) is 75.7 Å². The van der Waals surface area contributed by atoms with Gasteiger partial charge in [-0.05, 0) is 37.6 Å². The summed E-state index contributed by atoms with van der Waals surface area (Å²) in [5.41, 5.74) is -4.04. The highest BCUT2D eigenvalue weighted by Crippen LogP contribution is 2.45. The van der Waals surface area contributed by atoms with Gasteiger partial charge in [0.25, 0.3) is 11.8 Å². The number of allylic oxidation sites excluding steroid dienone is 1. The zero-order valence-corrected chi connectivity index (χ0v) is 17.6. The van der Waals surface area contributed by atoms with Crippen LogP contribution in [-0.4, -0.2) is 41.3 Å². The molecule has 1 N–H and O–H groups in total. The number of hydrogen-bond acceptors (Lipinski definition) is 4. The van der Waals surface area contributed by atoms with Crippen LogP contribution in [0.4, 0.5) is 13.2 Å². The second kappa shape index (κ2) is 8.49. The van der Waals surface area contributed by atoms with Crippen molar-refractivity contribution in [3.8, 4) is 5.75 Å². The van der Waals surface area contributed by atoms with Crippen molar-refractivity contribution in [2.75, 3.05) is 7.11 Å². The monoisotopic (exact) mass is 446 g/mol. The van der Waals surface area contributed by atoms with Gasteiger partial charge in [-0.1, -0.05) is 36.4 Å². The van der Waals surface area contributed by atoms with Gasteiger partial charge in [-0.15, -0.1) is 0 Å². The molecule has 1 heterocycles. The van der Waals surface area contributed by atoms with E-state index in [0.29, 0.717) is 5.56 Å². The summed E-state index contributed by atoms with van der Waals surface area (Å²) < 4.78 is 48.5. The molecule has 0 saturated carbocycles. The number of ketones is 1. The molecule has 0 aromatic heterocycles. The fourth-order valence-corrected chi connectivity index (χ4v) is 3.80. The number of carbonyl (C=O) groups is 3. The molecule has 6 nitrogen and oxygen atoms in total. The number of nitrogens with zero attached hydrogens (tertiary/aromatic N) is 1. The zero-order chi connectivity index (χ0) is 23.7. The molecular weight excluding hydrogens is 425 g/mol. The molecule has 0 bridgehead atoms. The third-order valence-electron chi connectivity index (χ3n) is 5.30. The highest BCUT2D eigenvalue weighted by atomic mass is 19.4. The van der Waals surface area contributed by atoms with Crippen molar-refractivity contribution in [1.29, 1.82) is 0 Å². The van der Waals surface area contributed by atoms with Crippen molar-refractivity contribution in [3.05, 3.63) is 77.0 Å². The first-order valence-electron chi connectivity index (χ1n) is 9.64. The van der Waals surface area contributed by atoms with Gasteiger partial charge in [-0.25, -0.2) is 0 Å². The minimum atomic E-state index is -5.27. The second-order valence-corrected chi connectivity index (χ2v) is 7.33. The Morgan fingerprint density at radius 1 is 1.09 bits per heavy atom. The molecule has 9 heteroatoms. The van der Waals surface area contributed by atoms with E-state index < -0.39 is 34.9 Å². The van der Waals surface area contributed by atoms with Crippen LogP contribution >= 0.6 is 0 Å². The predicted octanol–water partition coefficient (Wildman–Crippen LogP) is 3.63. The number of carbonyl (C=O) groups excluding carboxylic acids is 3. The lowest BCUT2D eigenvalue weighted by Gasteiger charge is -2.33. The molecule has 0 aliphatic carbocycles. The van der Waals surface area contributed by atoms with Gasteiger partial charge in [-0.2, -0.15) is 13.2 Å². The predicted molar refractivity (Wildman–Crippen MR) is 110 cm³/mol. The van der Waals surface area contributed by atoms with Crippen molar-refractivity contribution in [1.82, 2.24) is 10.2 Å². The van der Waals surface area contributed by atoms with Crippen LogP contribution in [-0.2, 0) is 16.1 Å². The Morgan fingerprint density at radius 2 is 1.75 bits per heavy atom. The van der Waals surface area contributed by atoms with Gasteiger partial charge in [0.2, 0.25) is 5.54 Å². The lowest BCUT2D eigenvalue weighted by Crippen LogP contribution is -2.66. The summed E-state index contributed by atoms with van der Waals surface area (Å²) in [5, 5.41) is 1.84. The van der Waals surface area contributed by atoms with Gasteiger partial charge in [0.1, 0.15) is 5.75 Å². The van der Waals surface area contributed by atoms with Gasteiger partial charge in [0.15, 0.2) is 5.78 Å². The Bertz CT molecular complexity index is 1100. The second-order valence-electron chi connectivity index (χ2n) is 7.33. The van der Waals surface area contributed by atoms with E-state index in [1.165, 1.54) is 38.3 Å². The summed E-state index contributed by atoms with van der Waals surface area (Å²) in [7, 11) is 1.34. The van der Waals surface area contributed by atoms with E-state index in [2.05, 4.69) is 0 Å². The zero-order valence-electron chi connectivity index (χ0n) is 17.6. The lowest BCUT2D eigenvalue weighted by atomic mass is 9.86. The van der Waals surface area contributed by atoms with E-state index in [4.69, 9.17) is 4.74 Å². The molecule has 0 fully saturated rings. The van der Waals surface area contributed by atoms with Crippen molar-refractivity contribution in [2.24, 2.45) is 0 Å². The van der Waals surface area contributed by atoms with E-state index in [0.717, 1.165) is 11.8 Å². The third-order valence-corrected chi connectivity index (χ3v) is 5.30. The van der Waals surface area contributed by atoms with Crippen molar-refractivity contribution < 1.29 is 32.3 Å². The number of nitrogens with one attached hydrogen (secondary N) is 1. The van der Waals surface area contributed by atoms with Crippen LogP contribution in [0.1, 0.15) is 29.8 Å². The number of alkyl halides is 3. The Balaban J connectivity index is 2.11. The van der Waals surface area contributed by atoms with E-state index in [9.17, 15) is 27.6 Å². The molecule has 2 amide bonds. The Hall–Kier alpha value is -3.62. The molecule has 0 saturated heterocycles. The summed E-state index contributed by atoms with van der Waals surface area (Å²) >= 11 is 0. The molecule has 2 aromatic carbocycles. The molecule has 168 valence electrons. The maximum absolute atomic E-state index is 14.5. The molecule has 1 atom stereocenters. The highest BCUT2D eigenvalue weighted by Gasteiger charge is 2.69. The number of benzene rings is 2. The Labute approximate surface area is 182 Å². The molecule has 32 heavy (non-hydrogen) atoms. The van der Waals surface area contributed by atoms with Crippen LogP contribution in [0.3, 0.4) is 0 Å². The Morgan fingerprint density at radius 3 is 2.31 bits per heavy atom. The quantitative estimate of drug-likeness (QED) is 0.735. The number of amides is 2. The number of ether oxygens (including phenoxy) is 1. The van der Waals surface area contributed by atoms with Crippen LogP contribution in [0.2, 0.25) is 0 Å². The standard InChI is InChI=1S/C23H21F3N2O4/c1-14-19(15(2)29)22(23(24,25)26,21(31)28(14)13-16-8-5-4-6-9-16)27-20(30)17-10-7-11-18(12-17)32-3/h4-12H,13H2,1-3H3,(H,27,30). The Kier molecular flexibility index (Phi) is 6.11. The molecular formula is C23H21F3N2O4. The number of Topliss-reactive ketones (excluding diaryl/α,β-unsaturated/α-hetero) is 1. The smallest absolute Gasteiger partial charge is 0.425 e. The summed E-state index contributed by atoms with van der Waals surface area (Å²) in [6, 6.07) is 13.9. The van der Waals surface area contributed by atoms with Crippen molar-refractivity contribution >= 4 is 17.6 Å². The fraction of sp³-hybridized carbons (Fsp3) is 0.261. The van der Waals surface area contributed by atoms with E-state index in [1.54, 1.807) is 30.3 Å². The van der Waals surface area contributed by atoms with Gasteiger partial charge in [0, 0.05) is 11.3 Å². The van der Waals surface area contributed by atoms with Crippen LogP contribution in [0.25, 0.3) is 0 Å². The summed E-state index contributed by atoms with van der Waals surface area (Å²) in [6.45, 7) is 2.02. The number of methoxy groups -OCH3 is 1. The maximum atomic E-state index is 14.5. The maximum Gasteiger partial charge on any atom is 0.425 e. The molecule has 2 aromatic rings. The molecule has 0 radical (unpaired) electrons. The van der Waals surface area contributed by atoms with Gasteiger partial charge >= 0.3 is 6.18 Å². The fourth-order valence-electron chi connectivity index (χ4n) is 3.80. The minimum Gasteiger partial charge on any atom is -0.497 e. The molecule has 3 rings (SSSR count). The minimum absolute atomic E-state index is 0.150. The van der Waals surface area contributed by atoms with E-state index in [-0.39, 0.29) is 23.6 Å². The molecule has 1 aliphatic heterocycles. The third kappa shape index (κ3) is 3.86. The van der Waals surface area contributed by atoms with Crippen LogP contribution in [0, 0.1) is 0 Å². The average molecular weight is 446 g/mol. The molecule has 1 aliphatic rings. The van der Waals surface area contributed by atoms with Crippen molar-refractivity contribution in [3.63, 3.8) is 0 Å². The first-order valence-corrected chi connectivity index (χ1v) is 9.64. The van der Waals surface area contributed by atoms with Crippen LogP contribution in [0.15, 0.2) is 65.9 Å². The highest BCUT2D eigenvalue weighted by molar-refractivity contribution is 6.13. The van der Waals surface area contributed by atoms with E-state index >= 15 is 0 Å². The number of rotatable bonds is 6. The molecule has 1 unspecified atom stereocenters. The average Bonchev–Trinajstić information content (AvgIpc) is 2.96. The summed E-state index contributed by atoms with van der Waals surface area (Å²) in [6.07, 6.45) is -5.27. The van der Waals surface area contributed by atoms with Gasteiger partial charge < -0.3 is 15.0 Å². The SMILES string of the molecule is COc1cccc(C(=O)NC2(C(F)(F)F)C(=O)N(Cc3ccccc3)C(C)=C2C(C)=O)c1. The van der Waals surface area contributed by atoms with E-state index in [1.807, 2.05) is 5.32 Å². The van der Waals surface area contributed by atoms with Crippen LogP contribution < -0.4 is 10.1 Å². The van der Waals surface area contributed by atoms with Gasteiger partial charge in [-0.3, -0.25) is 14.4 Å². The summed E-state index contributed by atoms with van der Waals surface area (Å²) in [4.78, 5) is 39.4. The van der Waals surface area contributed by atoms with Crippen LogP contribution in [0.5, 0.6) is 5.75 Å². The largest absolute Gasteiger partial charge is 0.497 e. The number of halogens is 3. The number of hydrogen-bond donors (Lipinski definition) is 1. The molecule has 0 spiro atoms. The first kappa shape index (κ1) is 23.1.